The van der Waals surface area contributed by atoms with Crippen LogP contribution in [0.5, 0.6) is 0 Å². The van der Waals surface area contributed by atoms with E-state index in [4.69, 9.17) is 9.47 Å². The van der Waals surface area contributed by atoms with Gasteiger partial charge in [-0.1, -0.05) is 19.4 Å². The summed E-state index contributed by atoms with van der Waals surface area (Å²) < 4.78 is 9.86. The van der Waals surface area contributed by atoms with E-state index in [0.717, 1.165) is 12.8 Å². The molecule has 0 aliphatic heterocycles. The summed E-state index contributed by atoms with van der Waals surface area (Å²) in [6, 6.07) is 0. The number of esters is 2. The van der Waals surface area contributed by atoms with Crippen LogP contribution in [0.2, 0.25) is 0 Å². The zero-order chi connectivity index (χ0) is 14.0. The van der Waals surface area contributed by atoms with Gasteiger partial charge in [-0.15, -0.1) is 6.58 Å². The lowest BCUT2D eigenvalue weighted by molar-refractivity contribution is -0.162. The number of rotatable bonds is 9. The Bertz CT molecular complexity index is 255. The minimum absolute atomic E-state index is 0.251. The molecule has 0 saturated heterocycles. The Morgan fingerprint density at radius 3 is 1.94 bits per heavy atom. The van der Waals surface area contributed by atoms with E-state index in [9.17, 15) is 9.59 Å². The summed E-state index contributed by atoms with van der Waals surface area (Å²) in [5, 5.41) is 0. The standard InChI is InChI=1S/C14H24O4/c1-5-9-11(6-2)10-12(13(15)17-7-3)14(16)18-8-4/h5,11-12H,1,6-10H2,2-4H3. The van der Waals surface area contributed by atoms with Crippen molar-refractivity contribution in [1.29, 1.82) is 0 Å². The maximum absolute atomic E-state index is 11.8. The fraction of sp³-hybridized carbons (Fsp3) is 0.714. The molecule has 0 aromatic rings. The maximum Gasteiger partial charge on any atom is 0.320 e. The van der Waals surface area contributed by atoms with Crippen molar-refractivity contribution in [2.75, 3.05) is 13.2 Å². The monoisotopic (exact) mass is 256 g/mol. The average molecular weight is 256 g/mol. The SMILES string of the molecule is C=CCC(CC)CC(C(=O)OCC)C(=O)OCC. The van der Waals surface area contributed by atoms with E-state index >= 15 is 0 Å². The highest BCUT2D eigenvalue weighted by molar-refractivity contribution is 5.94. The molecule has 0 fully saturated rings. The molecule has 0 aliphatic rings. The fourth-order valence-electron chi connectivity index (χ4n) is 1.77. The number of carbonyl (C=O) groups excluding carboxylic acids is 2. The smallest absolute Gasteiger partial charge is 0.320 e. The van der Waals surface area contributed by atoms with Crippen LogP contribution in [0.1, 0.15) is 40.0 Å². The Labute approximate surface area is 109 Å². The molecule has 0 rings (SSSR count). The van der Waals surface area contributed by atoms with Crippen LogP contribution < -0.4 is 0 Å². The van der Waals surface area contributed by atoms with Gasteiger partial charge in [-0.05, 0) is 32.6 Å². The predicted octanol–water partition coefficient (Wildman–Crippen LogP) is 2.72. The van der Waals surface area contributed by atoms with Gasteiger partial charge < -0.3 is 9.47 Å². The molecule has 0 amide bonds. The van der Waals surface area contributed by atoms with Gasteiger partial charge in [0.2, 0.25) is 0 Å². The fourth-order valence-corrected chi connectivity index (χ4v) is 1.77. The molecule has 0 bridgehead atoms. The van der Waals surface area contributed by atoms with E-state index in [1.54, 1.807) is 13.8 Å². The molecule has 0 heterocycles. The highest BCUT2D eigenvalue weighted by Crippen LogP contribution is 2.22. The molecule has 1 unspecified atom stereocenters. The average Bonchev–Trinajstić information content (AvgIpc) is 2.34. The van der Waals surface area contributed by atoms with E-state index in [2.05, 4.69) is 6.58 Å². The summed E-state index contributed by atoms with van der Waals surface area (Å²) in [5.74, 6) is -1.53. The van der Waals surface area contributed by atoms with Crippen LogP contribution >= 0.6 is 0 Å². The van der Waals surface area contributed by atoms with Crippen LogP contribution in [0.3, 0.4) is 0 Å². The van der Waals surface area contributed by atoms with Crippen molar-refractivity contribution in [3.05, 3.63) is 12.7 Å². The van der Waals surface area contributed by atoms with E-state index in [1.165, 1.54) is 0 Å². The van der Waals surface area contributed by atoms with Crippen LogP contribution in [0.4, 0.5) is 0 Å². The van der Waals surface area contributed by atoms with Crippen LogP contribution in [-0.4, -0.2) is 25.2 Å². The summed E-state index contributed by atoms with van der Waals surface area (Å²) in [7, 11) is 0. The lowest BCUT2D eigenvalue weighted by atomic mass is 9.90. The van der Waals surface area contributed by atoms with Crippen molar-refractivity contribution in [2.45, 2.75) is 40.0 Å². The number of hydrogen-bond acceptors (Lipinski definition) is 4. The van der Waals surface area contributed by atoms with Crippen LogP contribution in [-0.2, 0) is 19.1 Å². The van der Waals surface area contributed by atoms with Gasteiger partial charge in [0.05, 0.1) is 13.2 Å². The first-order valence-electron chi connectivity index (χ1n) is 6.54. The van der Waals surface area contributed by atoms with E-state index in [1.807, 2.05) is 13.0 Å². The first kappa shape index (κ1) is 16.7. The minimum Gasteiger partial charge on any atom is -0.465 e. The molecule has 0 N–H and O–H groups in total. The zero-order valence-corrected chi connectivity index (χ0v) is 11.6. The lowest BCUT2D eigenvalue weighted by Crippen LogP contribution is -2.30. The van der Waals surface area contributed by atoms with E-state index in [0.29, 0.717) is 6.42 Å². The third kappa shape index (κ3) is 5.84. The molecule has 0 spiro atoms. The van der Waals surface area contributed by atoms with Crippen molar-refractivity contribution in [1.82, 2.24) is 0 Å². The molecule has 104 valence electrons. The molecule has 0 aromatic carbocycles. The second-order valence-corrected chi connectivity index (χ2v) is 4.09. The summed E-state index contributed by atoms with van der Waals surface area (Å²) >= 11 is 0. The predicted molar refractivity (Wildman–Crippen MR) is 70.0 cm³/mol. The number of ether oxygens (including phenoxy) is 2. The van der Waals surface area contributed by atoms with Gasteiger partial charge in [-0.3, -0.25) is 9.59 Å². The maximum atomic E-state index is 11.8. The largest absolute Gasteiger partial charge is 0.465 e. The summed E-state index contributed by atoms with van der Waals surface area (Å²) in [6.07, 6.45) is 3.94. The third-order valence-corrected chi connectivity index (χ3v) is 2.79. The number of hydrogen-bond donors (Lipinski definition) is 0. The summed E-state index contributed by atoms with van der Waals surface area (Å²) in [4.78, 5) is 23.5. The normalized spacial score (nSPS) is 12.0. The lowest BCUT2D eigenvalue weighted by Gasteiger charge is -2.19. The summed E-state index contributed by atoms with van der Waals surface area (Å²) in [6.45, 7) is 9.70. The van der Waals surface area contributed by atoms with E-state index < -0.39 is 17.9 Å². The van der Waals surface area contributed by atoms with Gasteiger partial charge in [0.25, 0.3) is 0 Å². The van der Waals surface area contributed by atoms with Crippen LogP contribution in [0.15, 0.2) is 12.7 Å². The van der Waals surface area contributed by atoms with Crippen molar-refractivity contribution in [3.8, 4) is 0 Å². The van der Waals surface area contributed by atoms with Crippen molar-refractivity contribution in [3.63, 3.8) is 0 Å². The quantitative estimate of drug-likeness (QED) is 0.361. The molecule has 0 aromatic heterocycles. The molecule has 1 atom stereocenters. The van der Waals surface area contributed by atoms with Gasteiger partial charge in [0.15, 0.2) is 5.92 Å². The van der Waals surface area contributed by atoms with Gasteiger partial charge in [0, 0.05) is 0 Å². The molecule has 4 nitrogen and oxygen atoms in total. The van der Waals surface area contributed by atoms with Crippen molar-refractivity contribution < 1.29 is 19.1 Å². The van der Waals surface area contributed by atoms with Gasteiger partial charge in [-0.2, -0.15) is 0 Å². The highest BCUT2D eigenvalue weighted by Gasteiger charge is 2.31. The molecule has 0 saturated carbocycles. The first-order chi connectivity index (χ1) is 8.60. The summed E-state index contributed by atoms with van der Waals surface area (Å²) in [5.41, 5.74) is 0. The number of allylic oxidation sites excluding steroid dienone is 1. The highest BCUT2D eigenvalue weighted by atomic mass is 16.6. The van der Waals surface area contributed by atoms with Crippen LogP contribution in [0, 0.1) is 11.8 Å². The van der Waals surface area contributed by atoms with E-state index in [-0.39, 0.29) is 19.1 Å². The second kappa shape index (κ2) is 9.68. The van der Waals surface area contributed by atoms with Gasteiger partial charge in [0.1, 0.15) is 0 Å². The topological polar surface area (TPSA) is 52.6 Å². The molecule has 18 heavy (non-hydrogen) atoms. The van der Waals surface area contributed by atoms with Gasteiger partial charge >= 0.3 is 11.9 Å². The first-order valence-corrected chi connectivity index (χ1v) is 6.54. The Kier molecular flexibility index (Phi) is 8.97. The molecule has 4 heteroatoms. The molecule has 0 radical (unpaired) electrons. The zero-order valence-electron chi connectivity index (χ0n) is 11.6. The molecular formula is C14H24O4. The van der Waals surface area contributed by atoms with Crippen LogP contribution in [0.25, 0.3) is 0 Å². The second-order valence-electron chi connectivity index (χ2n) is 4.09. The van der Waals surface area contributed by atoms with Crippen molar-refractivity contribution >= 4 is 11.9 Å². The van der Waals surface area contributed by atoms with Crippen molar-refractivity contribution in [2.24, 2.45) is 11.8 Å². The third-order valence-electron chi connectivity index (χ3n) is 2.79. The Hall–Kier alpha value is -1.32. The molecular weight excluding hydrogens is 232 g/mol. The Morgan fingerprint density at radius 1 is 1.11 bits per heavy atom. The minimum atomic E-state index is -0.810. The van der Waals surface area contributed by atoms with Gasteiger partial charge in [-0.25, -0.2) is 0 Å². The number of carbonyl (C=O) groups is 2. The Balaban J connectivity index is 4.68. The molecule has 0 aliphatic carbocycles. The Morgan fingerprint density at radius 2 is 1.61 bits per heavy atom.